The highest BCUT2D eigenvalue weighted by Crippen LogP contribution is 2.10. The fourth-order valence-electron chi connectivity index (χ4n) is 1.76. The highest BCUT2D eigenvalue weighted by molar-refractivity contribution is 14.1. The van der Waals surface area contributed by atoms with Crippen molar-refractivity contribution in [3.63, 3.8) is 0 Å². The minimum Gasteiger partial charge on any atom is -0.389 e. The van der Waals surface area contributed by atoms with Gasteiger partial charge in [0.15, 0.2) is 5.78 Å². The van der Waals surface area contributed by atoms with E-state index in [1.165, 1.54) is 0 Å². The van der Waals surface area contributed by atoms with Crippen molar-refractivity contribution in [2.75, 3.05) is 19.6 Å². The first-order chi connectivity index (χ1) is 8.31. The number of aliphatic hydroxyl groups is 1. The quantitative estimate of drug-likeness (QED) is 0.626. The maximum absolute atomic E-state index is 12.1. The molecule has 1 rings (SSSR count). The minimum atomic E-state index is -0.775. The van der Waals surface area contributed by atoms with Crippen molar-refractivity contribution < 1.29 is 9.90 Å². The Morgan fingerprint density at radius 3 is 2.33 bits per heavy atom. The number of hydrogen-bond acceptors (Lipinski definition) is 3. The predicted octanol–water partition coefficient (Wildman–Crippen LogP) is 2.57. The summed E-state index contributed by atoms with van der Waals surface area (Å²) >= 11 is 2.22. The standard InChI is InChI=1S/C14H20INO2/c1-4-16(10-14(2,3)18)9-13(17)11-5-7-12(15)8-6-11/h5-8,18H,4,9-10H2,1-3H3. The Morgan fingerprint density at radius 1 is 1.33 bits per heavy atom. The van der Waals surface area contributed by atoms with Gasteiger partial charge in [-0.05, 0) is 55.1 Å². The summed E-state index contributed by atoms with van der Waals surface area (Å²) in [6.45, 7) is 7.10. The van der Waals surface area contributed by atoms with Gasteiger partial charge >= 0.3 is 0 Å². The number of nitrogens with zero attached hydrogens (tertiary/aromatic N) is 1. The lowest BCUT2D eigenvalue weighted by molar-refractivity contribution is 0.0376. The summed E-state index contributed by atoms with van der Waals surface area (Å²) in [7, 11) is 0. The third-order valence-electron chi connectivity index (χ3n) is 2.59. The van der Waals surface area contributed by atoms with Gasteiger partial charge in [-0.25, -0.2) is 0 Å². The lowest BCUT2D eigenvalue weighted by atomic mass is 10.1. The molecule has 3 nitrogen and oxygen atoms in total. The first kappa shape index (κ1) is 15.6. The summed E-state index contributed by atoms with van der Waals surface area (Å²) in [6, 6.07) is 7.56. The fourth-order valence-corrected chi connectivity index (χ4v) is 2.12. The van der Waals surface area contributed by atoms with Crippen LogP contribution >= 0.6 is 22.6 Å². The van der Waals surface area contributed by atoms with E-state index in [4.69, 9.17) is 0 Å². The number of hydrogen-bond donors (Lipinski definition) is 1. The average Bonchev–Trinajstić information content (AvgIpc) is 2.27. The largest absolute Gasteiger partial charge is 0.389 e. The molecule has 1 N–H and O–H groups in total. The van der Waals surface area contributed by atoms with Gasteiger partial charge in [-0.15, -0.1) is 0 Å². The number of carbonyl (C=O) groups excluding carboxylic acids is 1. The van der Waals surface area contributed by atoms with E-state index in [0.717, 1.165) is 15.7 Å². The highest BCUT2D eigenvalue weighted by atomic mass is 127. The van der Waals surface area contributed by atoms with Crippen molar-refractivity contribution >= 4 is 28.4 Å². The number of benzene rings is 1. The summed E-state index contributed by atoms with van der Waals surface area (Å²) in [4.78, 5) is 14.0. The van der Waals surface area contributed by atoms with Gasteiger partial charge in [-0.3, -0.25) is 9.69 Å². The van der Waals surface area contributed by atoms with Crippen LogP contribution in [-0.2, 0) is 0 Å². The zero-order valence-corrected chi connectivity index (χ0v) is 13.3. The maximum atomic E-state index is 12.1. The molecule has 0 spiro atoms. The lowest BCUT2D eigenvalue weighted by Crippen LogP contribution is -2.41. The smallest absolute Gasteiger partial charge is 0.176 e. The van der Waals surface area contributed by atoms with Crippen LogP contribution in [0.3, 0.4) is 0 Å². The number of ketones is 1. The van der Waals surface area contributed by atoms with E-state index in [1.54, 1.807) is 13.8 Å². The second kappa shape index (κ2) is 6.63. The second-order valence-corrected chi connectivity index (χ2v) is 6.29. The van der Waals surface area contributed by atoms with Gasteiger partial charge < -0.3 is 5.11 Å². The molecule has 0 radical (unpaired) electrons. The summed E-state index contributed by atoms with van der Waals surface area (Å²) < 4.78 is 1.12. The van der Waals surface area contributed by atoms with Crippen LogP contribution in [0.4, 0.5) is 0 Å². The summed E-state index contributed by atoms with van der Waals surface area (Å²) in [5.74, 6) is 0.0949. The molecule has 0 atom stereocenters. The molecule has 0 amide bonds. The molecule has 1 aromatic carbocycles. The number of halogens is 1. The van der Waals surface area contributed by atoms with Gasteiger partial charge in [0, 0.05) is 15.7 Å². The Morgan fingerprint density at radius 2 is 1.89 bits per heavy atom. The zero-order chi connectivity index (χ0) is 13.8. The van der Waals surface area contributed by atoms with Crippen molar-refractivity contribution in [1.29, 1.82) is 0 Å². The summed E-state index contributed by atoms with van der Waals surface area (Å²) in [5, 5.41) is 9.79. The van der Waals surface area contributed by atoms with Crippen LogP contribution in [0.15, 0.2) is 24.3 Å². The monoisotopic (exact) mass is 361 g/mol. The normalized spacial score (nSPS) is 11.9. The van der Waals surface area contributed by atoms with E-state index in [9.17, 15) is 9.90 Å². The van der Waals surface area contributed by atoms with Gasteiger partial charge in [-0.1, -0.05) is 19.1 Å². The van der Waals surface area contributed by atoms with Gasteiger partial charge in [0.05, 0.1) is 12.1 Å². The molecular formula is C14H20INO2. The molecule has 4 heteroatoms. The Balaban J connectivity index is 2.65. The van der Waals surface area contributed by atoms with Crippen LogP contribution in [0.1, 0.15) is 31.1 Å². The van der Waals surface area contributed by atoms with Crippen molar-refractivity contribution in [3.8, 4) is 0 Å². The van der Waals surface area contributed by atoms with Crippen molar-refractivity contribution in [1.82, 2.24) is 4.90 Å². The summed E-state index contributed by atoms with van der Waals surface area (Å²) in [6.07, 6.45) is 0. The van der Waals surface area contributed by atoms with Crippen LogP contribution in [0.25, 0.3) is 0 Å². The van der Waals surface area contributed by atoms with Crippen LogP contribution in [0.5, 0.6) is 0 Å². The first-order valence-corrected chi connectivity index (χ1v) is 7.13. The Bertz CT molecular complexity index is 395. The van der Waals surface area contributed by atoms with Crippen molar-refractivity contribution in [2.24, 2.45) is 0 Å². The molecule has 0 heterocycles. The van der Waals surface area contributed by atoms with E-state index < -0.39 is 5.60 Å². The van der Waals surface area contributed by atoms with Crippen molar-refractivity contribution in [2.45, 2.75) is 26.4 Å². The van der Waals surface area contributed by atoms with E-state index >= 15 is 0 Å². The van der Waals surface area contributed by atoms with Gasteiger partial charge in [-0.2, -0.15) is 0 Å². The fraction of sp³-hybridized carbons (Fsp3) is 0.500. The molecule has 0 saturated carbocycles. The molecule has 100 valence electrons. The van der Waals surface area contributed by atoms with Crippen LogP contribution in [0.2, 0.25) is 0 Å². The third kappa shape index (κ3) is 5.46. The molecule has 0 aliphatic heterocycles. The maximum Gasteiger partial charge on any atom is 0.176 e. The van der Waals surface area contributed by atoms with Gasteiger partial charge in [0.1, 0.15) is 0 Å². The minimum absolute atomic E-state index is 0.0949. The molecule has 0 fully saturated rings. The molecule has 1 aromatic rings. The average molecular weight is 361 g/mol. The SMILES string of the molecule is CCN(CC(=O)c1ccc(I)cc1)CC(C)(C)O. The van der Waals surface area contributed by atoms with Crippen LogP contribution in [-0.4, -0.2) is 41.0 Å². The van der Waals surface area contributed by atoms with E-state index in [-0.39, 0.29) is 5.78 Å². The third-order valence-corrected chi connectivity index (χ3v) is 3.31. The van der Waals surface area contributed by atoms with Gasteiger partial charge in [0.2, 0.25) is 0 Å². The van der Waals surface area contributed by atoms with Crippen LogP contribution in [0, 0.1) is 3.57 Å². The summed E-state index contributed by atoms with van der Waals surface area (Å²) in [5.41, 5.74) is -0.0489. The van der Waals surface area contributed by atoms with E-state index in [0.29, 0.717) is 13.1 Å². The number of carbonyl (C=O) groups is 1. The van der Waals surface area contributed by atoms with Crippen LogP contribution < -0.4 is 0 Å². The highest BCUT2D eigenvalue weighted by Gasteiger charge is 2.19. The lowest BCUT2D eigenvalue weighted by Gasteiger charge is -2.27. The van der Waals surface area contributed by atoms with E-state index in [1.807, 2.05) is 36.1 Å². The zero-order valence-electron chi connectivity index (χ0n) is 11.1. The molecule has 0 bridgehead atoms. The number of Topliss-reactive ketones (excluding diaryl/α,β-unsaturated/α-hetero) is 1. The Labute approximate surface area is 122 Å². The molecule has 0 aliphatic rings. The molecule has 0 aliphatic carbocycles. The topological polar surface area (TPSA) is 40.5 Å². The predicted molar refractivity (Wildman–Crippen MR) is 81.9 cm³/mol. The molecule has 0 saturated heterocycles. The van der Waals surface area contributed by atoms with Crippen molar-refractivity contribution in [3.05, 3.63) is 33.4 Å². The Hall–Kier alpha value is -0.460. The van der Waals surface area contributed by atoms with E-state index in [2.05, 4.69) is 22.6 Å². The molecular weight excluding hydrogens is 341 g/mol. The first-order valence-electron chi connectivity index (χ1n) is 6.05. The second-order valence-electron chi connectivity index (χ2n) is 5.05. The molecule has 18 heavy (non-hydrogen) atoms. The number of likely N-dealkylation sites (N-methyl/N-ethyl adjacent to an activating group) is 1. The Kier molecular flexibility index (Phi) is 5.75. The molecule has 0 aromatic heterocycles. The van der Waals surface area contributed by atoms with Gasteiger partial charge in [0.25, 0.3) is 0 Å². The molecule has 0 unspecified atom stereocenters. The number of rotatable bonds is 6.